The van der Waals surface area contributed by atoms with Crippen molar-refractivity contribution in [1.29, 1.82) is 0 Å². The van der Waals surface area contributed by atoms with Crippen molar-refractivity contribution < 1.29 is 14.3 Å². The Morgan fingerprint density at radius 1 is 1.17 bits per heavy atom. The van der Waals surface area contributed by atoms with Gasteiger partial charge in [-0.25, -0.2) is 0 Å². The number of aromatic nitrogens is 2. The summed E-state index contributed by atoms with van der Waals surface area (Å²) in [5, 5.41) is 8.18. The Kier molecular flexibility index (Phi) is 5.86. The summed E-state index contributed by atoms with van der Waals surface area (Å²) < 4.78 is 5.11. The summed E-state index contributed by atoms with van der Waals surface area (Å²) in [4.78, 5) is 27.0. The molecule has 1 aromatic heterocycles. The summed E-state index contributed by atoms with van der Waals surface area (Å²) >= 11 is 6.12. The van der Waals surface area contributed by atoms with Crippen LogP contribution in [0.3, 0.4) is 0 Å². The van der Waals surface area contributed by atoms with Gasteiger partial charge in [0.05, 0.1) is 12.8 Å². The summed E-state index contributed by atoms with van der Waals surface area (Å²) in [5.41, 5.74) is 4.38. The van der Waals surface area contributed by atoms with Crippen molar-refractivity contribution in [3.63, 3.8) is 0 Å². The maximum Gasteiger partial charge on any atom is 0.223 e. The fourth-order valence-corrected chi connectivity index (χ4v) is 3.87. The van der Waals surface area contributed by atoms with Gasteiger partial charge in [-0.3, -0.25) is 14.7 Å². The van der Waals surface area contributed by atoms with Crippen LogP contribution in [0.1, 0.15) is 34.5 Å². The van der Waals surface area contributed by atoms with E-state index in [9.17, 15) is 9.59 Å². The summed E-state index contributed by atoms with van der Waals surface area (Å²) in [7, 11) is 1.58. The smallest absolute Gasteiger partial charge is 0.223 e. The minimum atomic E-state index is -0.0494. The first kappa shape index (κ1) is 20.2. The van der Waals surface area contributed by atoms with Gasteiger partial charge in [0, 0.05) is 59.8 Å². The molecule has 0 fully saturated rings. The highest BCUT2D eigenvalue weighted by Crippen LogP contribution is 2.30. The molecule has 1 amide bonds. The van der Waals surface area contributed by atoms with E-state index in [-0.39, 0.29) is 24.5 Å². The maximum absolute atomic E-state index is 12.8. The average Bonchev–Trinajstić information content (AvgIpc) is 3.20. The van der Waals surface area contributed by atoms with Crippen molar-refractivity contribution in [2.75, 3.05) is 13.7 Å². The van der Waals surface area contributed by atoms with Gasteiger partial charge in [0.2, 0.25) is 5.91 Å². The molecule has 0 saturated carbocycles. The van der Waals surface area contributed by atoms with Crippen molar-refractivity contribution >= 4 is 23.3 Å². The molecule has 1 N–H and O–H groups in total. The third kappa shape index (κ3) is 4.24. The van der Waals surface area contributed by atoms with E-state index in [0.717, 1.165) is 22.5 Å². The van der Waals surface area contributed by atoms with Crippen LogP contribution >= 0.6 is 11.6 Å². The van der Waals surface area contributed by atoms with Gasteiger partial charge in [-0.15, -0.1) is 0 Å². The van der Waals surface area contributed by atoms with E-state index in [4.69, 9.17) is 16.3 Å². The quantitative estimate of drug-likeness (QED) is 0.600. The Bertz CT molecular complexity index is 1080. The number of H-pyrrole nitrogens is 1. The van der Waals surface area contributed by atoms with E-state index in [1.54, 1.807) is 36.3 Å². The average molecular weight is 424 g/mol. The minimum absolute atomic E-state index is 0.0271. The summed E-state index contributed by atoms with van der Waals surface area (Å²) in [6.07, 6.45) is 1.08. The molecule has 0 aliphatic carbocycles. The molecule has 1 aliphatic heterocycles. The largest absolute Gasteiger partial charge is 0.497 e. The number of halogens is 1. The molecule has 0 unspecified atom stereocenters. The molecule has 1 aliphatic rings. The molecular weight excluding hydrogens is 402 g/mol. The molecule has 154 valence electrons. The zero-order chi connectivity index (χ0) is 21.1. The SMILES string of the molecule is COc1ccc(C(=O)CCC(=O)N2CCc3[nH]nc(-c4cccc(Cl)c4)c3C2)cc1. The summed E-state index contributed by atoms with van der Waals surface area (Å²) in [5.74, 6) is 0.620. The zero-order valence-electron chi connectivity index (χ0n) is 16.7. The van der Waals surface area contributed by atoms with E-state index >= 15 is 0 Å². The van der Waals surface area contributed by atoms with Crippen LogP contribution in [0.2, 0.25) is 5.02 Å². The molecule has 0 atom stereocenters. The first-order chi connectivity index (χ1) is 14.5. The van der Waals surface area contributed by atoms with Gasteiger partial charge in [0.25, 0.3) is 0 Å². The summed E-state index contributed by atoms with van der Waals surface area (Å²) in [6.45, 7) is 1.09. The lowest BCUT2D eigenvalue weighted by Crippen LogP contribution is -2.36. The summed E-state index contributed by atoms with van der Waals surface area (Å²) in [6, 6.07) is 14.5. The van der Waals surface area contributed by atoms with Gasteiger partial charge < -0.3 is 9.64 Å². The predicted octanol–water partition coefficient (Wildman–Crippen LogP) is 4.29. The van der Waals surface area contributed by atoms with E-state index in [0.29, 0.717) is 35.8 Å². The number of aromatic amines is 1. The van der Waals surface area contributed by atoms with Crippen molar-refractivity contribution in [3.8, 4) is 17.0 Å². The lowest BCUT2D eigenvalue weighted by molar-refractivity contribution is -0.132. The Labute approximate surface area is 179 Å². The van der Waals surface area contributed by atoms with Crippen LogP contribution in [0, 0.1) is 0 Å². The van der Waals surface area contributed by atoms with Crippen molar-refractivity contribution in [3.05, 3.63) is 70.4 Å². The van der Waals surface area contributed by atoms with Crippen LogP contribution in [0.5, 0.6) is 5.75 Å². The van der Waals surface area contributed by atoms with Crippen molar-refractivity contribution in [2.24, 2.45) is 0 Å². The van der Waals surface area contributed by atoms with Crippen LogP contribution in [0.25, 0.3) is 11.3 Å². The van der Waals surface area contributed by atoms with Gasteiger partial charge in [0.1, 0.15) is 5.75 Å². The predicted molar refractivity (Wildman–Crippen MR) is 115 cm³/mol. The number of nitrogens with one attached hydrogen (secondary N) is 1. The number of hydrogen-bond acceptors (Lipinski definition) is 4. The third-order valence-electron chi connectivity index (χ3n) is 5.36. The lowest BCUT2D eigenvalue weighted by atomic mass is 10.00. The monoisotopic (exact) mass is 423 g/mol. The van der Waals surface area contributed by atoms with Crippen molar-refractivity contribution in [1.82, 2.24) is 15.1 Å². The van der Waals surface area contributed by atoms with E-state index in [2.05, 4.69) is 10.2 Å². The number of hydrogen-bond donors (Lipinski definition) is 1. The van der Waals surface area contributed by atoms with Crippen molar-refractivity contribution in [2.45, 2.75) is 25.8 Å². The molecule has 0 saturated heterocycles. The molecule has 3 aromatic rings. The number of ketones is 1. The van der Waals surface area contributed by atoms with Crippen LogP contribution in [-0.2, 0) is 17.8 Å². The molecule has 4 rings (SSSR count). The molecule has 30 heavy (non-hydrogen) atoms. The number of rotatable bonds is 6. The molecule has 2 aromatic carbocycles. The van der Waals surface area contributed by atoms with Gasteiger partial charge in [-0.2, -0.15) is 5.10 Å². The fourth-order valence-electron chi connectivity index (χ4n) is 3.68. The minimum Gasteiger partial charge on any atom is -0.497 e. The zero-order valence-corrected chi connectivity index (χ0v) is 17.4. The van der Waals surface area contributed by atoms with Gasteiger partial charge in [-0.1, -0.05) is 23.7 Å². The lowest BCUT2D eigenvalue weighted by Gasteiger charge is -2.27. The highest BCUT2D eigenvalue weighted by atomic mass is 35.5. The van der Waals surface area contributed by atoms with Gasteiger partial charge >= 0.3 is 0 Å². The fraction of sp³-hybridized carbons (Fsp3) is 0.261. The second kappa shape index (κ2) is 8.71. The number of benzene rings is 2. The van der Waals surface area contributed by atoms with E-state index in [1.165, 1.54) is 0 Å². The maximum atomic E-state index is 12.8. The number of methoxy groups -OCH3 is 1. The number of carbonyl (C=O) groups excluding carboxylic acids is 2. The van der Waals surface area contributed by atoms with Crippen LogP contribution in [-0.4, -0.2) is 40.4 Å². The molecule has 2 heterocycles. The first-order valence-electron chi connectivity index (χ1n) is 9.82. The van der Waals surface area contributed by atoms with Crippen LogP contribution < -0.4 is 4.74 Å². The Morgan fingerprint density at radius 3 is 2.70 bits per heavy atom. The molecule has 0 radical (unpaired) electrons. The highest BCUT2D eigenvalue weighted by molar-refractivity contribution is 6.30. The van der Waals surface area contributed by atoms with Gasteiger partial charge in [-0.05, 0) is 36.4 Å². The second-order valence-corrected chi connectivity index (χ2v) is 7.69. The Balaban J connectivity index is 1.41. The number of Topliss-reactive ketones (excluding diaryl/α,β-unsaturated/α-hetero) is 1. The Morgan fingerprint density at radius 2 is 1.97 bits per heavy atom. The van der Waals surface area contributed by atoms with E-state index < -0.39 is 0 Å². The number of amides is 1. The molecule has 7 heteroatoms. The molecule has 0 spiro atoms. The third-order valence-corrected chi connectivity index (χ3v) is 5.60. The standard InChI is InChI=1S/C23H22ClN3O3/c1-30-18-7-5-15(6-8-18)21(28)9-10-22(29)27-12-11-20-19(14-27)23(26-25-20)16-3-2-4-17(24)13-16/h2-8,13H,9-12,14H2,1H3,(H,25,26). The second-order valence-electron chi connectivity index (χ2n) is 7.26. The van der Waals surface area contributed by atoms with Gasteiger partial charge in [0.15, 0.2) is 5.78 Å². The number of carbonyl (C=O) groups is 2. The first-order valence-corrected chi connectivity index (χ1v) is 10.2. The van der Waals surface area contributed by atoms with E-state index in [1.807, 2.05) is 24.3 Å². The molecular formula is C23H22ClN3O3. The Hall–Kier alpha value is -3.12. The topological polar surface area (TPSA) is 75.3 Å². The molecule has 0 bridgehead atoms. The number of ether oxygens (including phenoxy) is 1. The molecule has 6 nitrogen and oxygen atoms in total. The number of fused-ring (bicyclic) bond motifs is 1. The van der Waals surface area contributed by atoms with Crippen LogP contribution in [0.4, 0.5) is 0 Å². The highest BCUT2D eigenvalue weighted by Gasteiger charge is 2.26. The number of nitrogens with zero attached hydrogens (tertiary/aromatic N) is 2. The van der Waals surface area contributed by atoms with Crippen LogP contribution in [0.15, 0.2) is 48.5 Å². The normalized spacial score (nSPS) is 13.1.